The van der Waals surface area contributed by atoms with E-state index in [1.54, 1.807) is 0 Å². The van der Waals surface area contributed by atoms with E-state index in [0.717, 1.165) is 0 Å². The van der Waals surface area contributed by atoms with Crippen molar-refractivity contribution in [2.45, 2.75) is 6.42 Å². The molecule has 0 spiro atoms. The summed E-state index contributed by atoms with van der Waals surface area (Å²) in [5.41, 5.74) is 5.65. The Bertz CT molecular complexity index is 659. The van der Waals surface area contributed by atoms with Gasteiger partial charge in [-0.1, -0.05) is 0 Å². The standard InChI is InChI=1S/C11H9N3O4/c12-11(16)4-10(15)8-5-13-9-2-1-6(14(17)18)3-7(8)9/h1-3,5,13H,4H2,(H2,12,16). The third kappa shape index (κ3) is 2.05. The predicted octanol–water partition coefficient (Wildman–Crippen LogP) is 1.13. The Morgan fingerprint density at radius 3 is 2.72 bits per heavy atom. The average molecular weight is 247 g/mol. The molecule has 0 aliphatic rings. The van der Waals surface area contributed by atoms with Gasteiger partial charge in [0.2, 0.25) is 5.91 Å². The number of nitrogens with zero attached hydrogens (tertiary/aromatic N) is 1. The van der Waals surface area contributed by atoms with Crippen LogP contribution in [0.4, 0.5) is 5.69 Å². The Labute approximate surface area is 101 Å². The number of aromatic amines is 1. The number of H-pyrrole nitrogens is 1. The van der Waals surface area contributed by atoms with Crippen LogP contribution in [0.3, 0.4) is 0 Å². The SMILES string of the molecule is NC(=O)CC(=O)c1c[nH]c2ccc([N+](=O)[O-])cc12. The van der Waals surface area contributed by atoms with Gasteiger partial charge in [0, 0.05) is 34.8 Å². The van der Waals surface area contributed by atoms with E-state index in [0.29, 0.717) is 10.9 Å². The molecule has 0 bridgehead atoms. The number of primary amides is 1. The fourth-order valence-electron chi connectivity index (χ4n) is 1.71. The number of nitrogens with one attached hydrogen (secondary N) is 1. The first-order valence-electron chi connectivity index (χ1n) is 5.06. The normalized spacial score (nSPS) is 10.4. The fourth-order valence-corrected chi connectivity index (χ4v) is 1.71. The van der Waals surface area contributed by atoms with Crippen LogP contribution >= 0.6 is 0 Å². The summed E-state index contributed by atoms with van der Waals surface area (Å²) in [6, 6.07) is 4.13. The summed E-state index contributed by atoms with van der Waals surface area (Å²) in [6.07, 6.45) is 0.995. The lowest BCUT2D eigenvalue weighted by atomic mass is 10.1. The van der Waals surface area contributed by atoms with Crippen LogP contribution in [0.15, 0.2) is 24.4 Å². The largest absolute Gasteiger partial charge is 0.369 e. The number of benzene rings is 1. The Kier molecular flexibility index (Phi) is 2.80. The molecule has 7 heteroatoms. The molecule has 3 N–H and O–H groups in total. The first kappa shape index (κ1) is 11.8. The molecular weight excluding hydrogens is 238 g/mol. The number of fused-ring (bicyclic) bond motifs is 1. The number of rotatable bonds is 4. The monoisotopic (exact) mass is 247 g/mol. The molecule has 0 saturated heterocycles. The Morgan fingerprint density at radius 2 is 2.11 bits per heavy atom. The molecule has 2 rings (SSSR count). The van der Waals surface area contributed by atoms with E-state index in [4.69, 9.17) is 5.73 Å². The summed E-state index contributed by atoms with van der Waals surface area (Å²) in [6.45, 7) is 0. The highest BCUT2D eigenvalue weighted by atomic mass is 16.6. The zero-order valence-electron chi connectivity index (χ0n) is 9.17. The van der Waals surface area contributed by atoms with Crippen molar-refractivity contribution >= 4 is 28.3 Å². The molecule has 1 aromatic heterocycles. The minimum atomic E-state index is -0.736. The second-order valence-electron chi connectivity index (χ2n) is 3.76. The third-order valence-corrected chi connectivity index (χ3v) is 2.51. The Hall–Kier alpha value is -2.70. The molecule has 92 valence electrons. The summed E-state index contributed by atoms with van der Waals surface area (Å²) >= 11 is 0. The van der Waals surface area contributed by atoms with Gasteiger partial charge >= 0.3 is 0 Å². The van der Waals surface area contributed by atoms with Crippen LogP contribution in [0.2, 0.25) is 0 Å². The van der Waals surface area contributed by atoms with Crippen molar-refractivity contribution in [3.63, 3.8) is 0 Å². The first-order chi connectivity index (χ1) is 8.49. The molecule has 7 nitrogen and oxygen atoms in total. The van der Waals surface area contributed by atoms with Crippen LogP contribution in [0, 0.1) is 10.1 Å². The second kappa shape index (κ2) is 4.28. The number of non-ortho nitro benzene ring substituents is 1. The summed E-state index contributed by atoms with van der Waals surface area (Å²) in [7, 11) is 0. The maximum Gasteiger partial charge on any atom is 0.270 e. The smallest absolute Gasteiger partial charge is 0.270 e. The Balaban J connectivity index is 2.51. The number of nitro groups is 1. The quantitative estimate of drug-likeness (QED) is 0.364. The van der Waals surface area contributed by atoms with Gasteiger partial charge in [0.15, 0.2) is 5.78 Å². The number of nitrogens with two attached hydrogens (primary N) is 1. The van der Waals surface area contributed by atoms with Crippen molar-refractivity contribution in [1.82, 2.24) is 4.98 Å². The lowest BCUT2D eigenvalue weighted by Gasteiger charge is -1.96. The lowest BCUT2D eigenvalue weighted by molar-refractivity contribution is -0.384. The molecule has 0 aliphatic carbocycles. The molecule has 2 aromatic rings. The minimum absolute atomic E-state index is 0.116. The van der Waals surface area contributed by atoms with E-state index in [-0.39, 0.29) is 11.3 Å². The molecule has 0 atom stereocenters. The van der Waals surface area contributed by atoms with Gasteiger partial charge in [-0.2, -0.15) is 0 Å². The van der Waals surface area contributed by atoms with Gasteiger partial charge in [-0.3, -0.25) is 19.7 Å². The van der Waals surface area contributed by atoms with Gasteiger partial charge in [-0.25, -0.2) is 0 Å². The number of Topliss-reactive ketones (excluding diaryl/α,β-unsaturated/α-hetero) is 1. The second-order valence-corrected chi connectivity index (χ2v) is 3.76. The molecule has 0 radical (unpaired) electrons. The number of carbonyl (C=O) groups excluding carboxylic acids is 2. The number of nitro benzene ring substituents is 1. The van der Waals surface area contributed by atoms with Gasteiger partial charge in [0.05, 0.1) is 11.3 Å². The number of carbonyl (C=O) groups is 2. The number of ketones is 1. The van der Waals surface area contributed by atoms with E-state index in [9.17, 15) is 19.7 Å². The zero-order valence-corrected chi connectivity index (χ0v) is 9.17. The van der Waals surface area contributed by atoms with Crippen LogP contribution in [0.1, 0.15) is 16.8 Å². The average Bonchev–Trinajstić information content (AvgIpc) is 2.70. The molecule has 1 heterocycles. The maximum atomic E-state index is 11.7. The van der Waals surface area contributed by atoms with E-state index in [1.807, 2.05) is 0 Å². The molecular formula is C11H9N3O4. The number of hydrogen-bond acceptors (Lipinski definition) is 4. The van der Waals surface area contributed by atoms with Gasteiger partial charge in [0.25, 0.3) is 5.69 Å². The number of hydrogen-bond donors (Lipinski definition) is 2. The van der Waals surface area contributed by atoms with Crippen LogP contribution in [0.25, 0.3) is 10.9 Å². The van der Waals surface area contributed by atoms with E-state index < -0.39 is 23.0 Å². The van der Waals surface area contributed by atoms with Crippen molar-refractivity contribution < 1.29 is 14.5 Å². The molecule has 1 amide bonds. The molecule has 0 aliphatic heterocycles. The third-order valence-electron chi connectivity index (χ3n) is 2.51. The highest BCUT2D eigenvalue weighted by molar-refractivity contribution is 6.14. The van der Waals surface area contributed by atoms with Gasteiger partial charge in [-0.15, -0.1) is 0 Å². The van der Waals surface area contributed by atoms with Crippen LogP contribution in [-0.2, 0) is 4.79 Å². The van der Waals surface area contributed by atoms with E-state index in [1.165, 1.54) is 24.4 Å². The van der Waals surface area contributed by atoms with Crippen molar-refractivity contribution in [2.24, 2.45) is 5.73 Å². The highest BCUT2D eigenvalue weighted by Gasteiger charge is 2.16. The minimum Gasteiger partial charge on any atom is -0.369 e. The zero-order chi connectivity index (χ0) is 13.3. The molecule has 0 saturated carbocycles. The van der Waals surface area contributed by atoms with Crippen LogP contribution < -0.4 is 5.73 Å². The molecule has 0 unspecified atom stereocenters. The lowest BCUT2D eigenvalue weighted by Crippen LogP contribution is -2.16. The topological polar surface area (TPSA) is 119 Å². The number of aromatic nitrogens is 1. The van der Waals surface area contributed by atoms with E-state index >= 15 is 0 Å². The predicted molar refractivity (Wildman–Crippen MR) is 63.1 cm³/mol. The highest BCUT2D eigenvalue weighted by Crippen LogP contribution is 2.24. The van der Waals surface area contributed by atoms with Gasteiger partial charge in [0.1, 0.15) is 0 Å². The molecule has 0 fully saturated rings. The summed E-state index contributed by atoms with van der Waals surface area (Å²) in [5.74, 6) is -1.20. The maximum absolute atomic E-state index is 11.7. The van der Waals surface area contributed by atoms with Crippen LogP contribution in [0.5, 0.6) is 0 Å². The number of amides is 1. The van der Waals surface area contributed by atoms with Crippen molar-refractivity contribution in [2.75, 3.05) is 0 Å². The van der Waals surface area contributed by atoms with Crippen LogP contribution in [-0.4, -0.2) is 21.6 Å². The molecule has 1 aromatic carbocycles. The summed E-state index contributed by atoms with van der Waals surface area (Å²) in [4.78, 5) is 35.3. The van der Waals surface area contributed by atoms with Crippen molar-refractivity contribution in [1.29, 1.82) is 0 Å². The first-order valence-corrected chi connectivity index (χ1v) is 5.06. The molecule has 18 heavy (non-hydrogen) atoms. The fraction of sp³-hybridized carbons (Fsp3) is 0.0909. The summed E-state index contributed by atoms with van der Waals surface area (Å²) < 4.78 is 0. The van der Waals surface area contributed by atoms with Gasteiger partial charge < -0.3 is 10.7 Å². The van der Waals surface area contributed by atoms with Crippen molar-refractivity contribution in [3.05, 3.63) is 40.1 Å². The van der Waals surface area contributed by atoms with Crippen molar-refractivity contribution in [3.8, 4) is 0 Å². The summed E-state index contributed by atoms with van der Waals surface area (Å²) in [5, 5.41) is 11.1. The van der Waals surface area contributed by atoms with E-state index in [2.05, 4.69) is 4.98 Å². The Morgan fingerprint density at radius 1 is 1.39 bits per heavy atom. The van der Waals surface area contributed by atoms with Gasteiger partial charge in [-0.05, 0) is 6.07 Å².